The maximum absolute atomic E-state index is 12.7. The number of piperazine rings is 1. The van der Waals surface area contributed by atoms with Gasteiger partial charge in [0, 0.05) is 58.3 Å². The minimum Gasteiger partial charge on any atom is -0.352 e. The van der Waals surface area contributed by atoms with E-state index in [0.717, 1.165) is 38.3 Å². The number of benzene rings is 1. The van der Waals surface area contributed by atoms with Crippen LogP contribution in [0, 0.1) is 5.92 Å². The molecule has 0 saturated carbocycles. The monoisotopic (exact) mass is 476 g/mol. The second kappa shape index (κ2) is 10.4. The quantitative estimate of drug-likeness (QED) is 0.663. The van der Waals surface area contributed by atoms with Crippen molar-refractivity contribution in [2.24, 2.45) is 5.92 Å². The average molecular weight is 477 g/mol. The van der Waals surface area contributed by atoms with Gasteiger partial charge in [-0.3, -0.25) is 9.69 Å². The fourth-order valence-electron chi connectivity index (χ4n) is 4.33. The molecular formula is C23H32N4O3S2. The zero-order valence-corrected chi connectivity index (χ0v) is 20.2. The summed E-state index contributed by atoms with van der Waals surface area (Å²) in [4.78, 5) is 17.5. The van der Waals surface area contributed by atoms with Crippen molar-refractivity contribution in [3.8, 4) is 0 Å². The van der Waals surface area contributed by atoms with Gasteiger partial charge in [0.05, 0.1) is 0 Å². The number of thiophene rings is 1. The molecule has 1 aromatic heterocycles. The zero-order valence-electron chi connectivity index (χ0n) is 18.6. The molecule has 4 rings (SSSR count). The van der Waals surface area contributed by atoms with Crippen molar-refractivity contribution >= 4 is 27.3 Å². The summed E-state index contributed by atoms with van der Waals surface area (Å²) in [5.41, 5.74) is 2.37. The van der Waals surface area contributed by atoms with Crippen molar-refractivity contribution in [1.29, 1.82) is 0 Å². The van der Waals surface area contributed by atoms with E-state index >= 15 is 0 Å². The Morgan fingerprint density at radius 3 is 2.44 bits per heavy atom. The first-order valence-electron chi connectivity index (χ1n) is 11.2. The molecule has 0 radical (unpaired) electrons. The smallest absolute Gasteiger partial charge is 0.252 e. The molecule has 0 bridgehead atoms. The molecule has 1 aromatic carbocycles. The summed E-state index contributed by atoms with van der Waals surface area (Å²) in [6.07, 6.45) is 1.11. The van der Waals surface area contributed by atoms with Crippen molar-refractivity contribution in [1.82, 2.24) is 19.4 Å². The first-order chi connectivity index (χ1) is 15.4. The van der Waals surface area contributed by atoms with Crippen LogP contribution in [0.25, 0.3) is 0 Å². The highest BCUT2D eigenvalue weighted by molar-refractivity contribution is 7.91. The molecule has 2 aromatic rings. The minimum absolute atomic E-state index is 0.0163. The molecule has 1 N–H and O–H groups in total. The van der Waals surface area contributed by atoms with E-state index in [2.05, 4.69) is 40.4 Å². The molecule has 3 heterocycles. The van der Waals surface area contributed by atoms with Crippen LogP contribution in [-0.2, 0) is 27.9 Å². The number of likely N-dealkylation sites (N-methyl/N-ethyl adjacent to an activating group) is 1. The van der Waals surface area contributed by atoms with E-state index in [1.807, 2.05) is 6.07 Å². The number of carbonyl (C=O) groups is 1. The molecule has 0 spiro atoms. The maximum Gasteiger partial charge on any atom is 0.252 e. The van der Waals surface area contributed by atoms with Crippen LogP contribution in [0.2, 0.25) is 0 Å². The van der Waals surface area contributed by atoms with E-state index in [9.17, 15) is 13.2 Å². The summed E-state index contributed by atoms with van der Waals surface area (Å²) in [5.74, 6) is -0.124. The minimum atomic E-state index is -3.43. The Labute approximate surface area is 195 Å². The van der Waals surface area contributed by atoms with Crippen LogP contribution in [0.3, 0.4) is 0 Å². The molecule has 174 valence electrons. The van der Waals surface area contributed by atoms with Gasteiger partial charge in [0.25, 0.3) is 10.0 Å². The van der Waals surface area contributed by atoms with E-state index in [0.29, 0.717) is 36.7 Å². The highest BCUT2D eigenvalue weighted by Gasteiger charge is 2.32. The Kier molecular flexibility index (Phi) is 7.63. The molecule has 0 unspecified atom stereocenters. The number of piperidine rings is 1. The van der Waals surface area contributed by atoms with Crippen LogP contribution in [0.4, 0.5) is 0 Å². The van der Waals surface area contributed by atoms with Gasteiger partial charge in [-0.2, -0.15) is 4.31 Å². The van der Waals surface area contributed by atoms with E-state index < -0.39 is 10.0 Å². The summed E-state index contributed by atoms with van der Waals surface area (Å²) in [5, 5.41) is 4.83. The van der Waals surface area contributed by atoms with Crippen molar-refractivity contribution < 1.29 is 13.2 Å². The lowest BCUT2D eigenvalue weighted by Gasteiger charge is -2.32. The highest BCUT2D eigenvalue weighted by atomic mass is 32.2. The van der Waals surface area contributed by atoms with Gasteiger partial charge in [-0.15, -0.1) is 11.3 Å². The van der Waals surface area contributed by atoms with E-state index in [-0.39, 0.29) is 11.8 Å². The van der Waals surface area contributed by atoms with Gasteiger partial charge >= 0.3 is 0 Å². The van der Waals surface area contributed by atoms with Gasteiger partial charge in [-0.1, -0.05) is 30.3 Å². The summed E-state index contributed by atoms with van der Waals surface area (Å²) >= 11 is 1.23. The largest absolute Gasteiger partial charge is 0.352 e. The van der Waals surface area contributed by atoms with Crippen molar-refractivity contribution in [2.45, 2.75) is 30.1 Å². The molecule has 7 nitrogen and oxygen atoms in total. The Balaban J connectivity index is 1.25. The third-order valence-electron chi connectivity index (χ3n) is 6.37. The van der Waals surface area contributed by atoms with Crippen molar-refractivity contribution in [2.75, 3.05) is 46.3 Å². The number of nitrogens with zero attached hydrogens (tertiary/aromatic N) is 3. The van der Waals surface area contributed by atoms with Gasteiger partial charge in [-0.25, -0.2) is 8.42 Å². The van der Waals surface area contributed by atoms with Gasteiger partial charge in [0.1, 0.15) is 4.21 Å². The van der Waals surface area contributed by atoms with Crippen molar-refractivity contribution in [3.05, 3.63) is 52.9 Å². The fraction of sp³-hybridized carbons (Fsp3) is 0.522. The number of nitrogens with one attached hydrogen (secondary N) is 1. The lowest BCUT2D eigenvalue weighted by molar-refractivity contribution is -0.126. The van der Waals surface area contributed by atoms with E-state index in [1.165, 1.54) is 21.2 Å². The maximum atomic E-state index is 12.7. The van der Waals surface area contributed by atoms with Gasteiger partial charge in [-0.05, 0) is 42.5 Å². The van der Waals surface area contributed by atoms with Crippen LogP contribution >= 0.6 is 11.3 Å². The molecule has 0 aliphatic carbocycles. The van der Waals surface area contributed by atoms with E-state index in [1.54, 1.807) is 17.5 Å². The predicted molar refractivity (Wildman–Crippen MR) is 127 cm³/mol. The number of rotatable bonds is 7. The van der Waals surface area contributed by atoms with Gasteiger partial charge < -0.3 is 10.2 Å². The van der Waals surface area contributed by atoms with Gasteiger partial charge in [0.2, 0.25) is 5.91 Å². The van der Waals surface area contributed by atoms with Crippen molar-refractivity contribution in [3.63, 3.8) is 0 Å². The molecule has 0 atom stereocenters. The fourth-order valence-corrected chi connectivity index (χ4v) is 6.95. The van der Waals surface area contributed by atoms with Crippen LogP contribution in [0.15, 0.2) is 46.0 Å². The molecule has 2 saturated heterocycles. The Bertz CT molecular complexity index is 994. The first kappa shape index (κ1) is 23.4. The third kappa shape index (κ3) is 5.77. The first-order valence-corrected chi connectivity index (χ1v) is 13.5. The lowest BCUT2D eigenvalue weighted by Crippen LogP contribution is -2.43. The standard InChI is InChI=1S/C23H32N4O3S2/c1-25-11-13-26(14-12-25)18-20-5-2-4-19(16-20)17-24-23(28)21-7-9-27(10-8-21)32(29,30)22-6-3-15-31-22/h2-6,15-16,21H,7-14,17-18H2,1H3,(H,24,28). The lowest BCUT2D eigenvalue weighted by atomic mass is 9.97. The van der Waals surface area contributed by atoms with Crippen LogP contribution in [-0.4, -0.2) is 74.7 Å². The number of sulfonamides is 1. The number of carbonyl (C=O) groups excluding carboxylic acids is 1. The molecular weight excluding hydrogens is 444 g/mol. The number of amides is 1. The van der Waals surface area contributed by atoms with Crippen LogP contribution in [0.5, 0.6) is 0 Å². The summed E-state index contributed by atoms with van der Waals surface area (Å²) < 4.78 is 27.2. The van der Waals surface area contributed by atoms with Crippen LogP contribution < -0.4 is 5.32 Å². The second-order valence-electron chi connectivity index (χ2n) is 8.73. The molecule has 1 amide bonds. The second-order valence-corrected chi connectivity index (χ2v) is 11.8. The Morgan fingerprint density at radius 1 is 1.03 bits per heavy atom. The highest BCUT2D eigenvalue weighted by Crippen LogP contribution is 2.26. The molecule has 2 aliphatic rings. The zero-order chi connectivity index (χ0) is 22.6. The predicted octanol–water partition coefficient (Wildman–Crippen LogP) is 2.21. The topological polar surface area (TPSA) is 73.0 Å². The summed E-state index contributed by atoms with van der Waals surface area (Å²) in [7, 11) is -1.27. The molecule has 32 heavy (non-hydrogen) atoms. The van der Waals surface area contributed by atoms with E-state index in [4.69, 9.17) is 0 Å². The third-order valence-corrected chi connectivity index (χ3v) is 9.65. The van der Waals surface area contributed by atoms with Crippen LogP contribution in [0.1, 0.15) is 24.0 Å². The normalized spacial score (nSPS) is 19.8. The Hall–Kier alpha value is -1.78. The SMILES string of the molecule is CN1CCN(Cc2cccc(CNC(=O)C3CCN(S(=O)(=O)c4cccs4)CC3)c2)CC1. The average Bonchev–Trinajstić information content (AvgIpc) is 3.35. The summed E-state index contributed by atoms with van der Waals surface area (Å²) in [6.45, 7) is 6.58. The molecule has 9 heteroatoms. The molecule has 2 fully saturated rings. The summed E-state index contributed by atoms with van der Waals surface area (Å²) in [6, 6.07) is 11.8. The Morgan fingerprint density at radius 2 is 1.75 bits per heavy atom. The van der Waals surface area contributed by atoms with Gasteiger partial charge in [0.15, 0.2) is 0 Å². The number of hydrogen-bond donors (Lipinski definition) is 1. The molecule has 2 aliphatic heterocycles. The number of hydrogen-bond acceptors (Lipinski definition) is 6.